The van der Waals surface area contributed by atoms with E-state index in [9.17, 15) is 72.4 Å². The van der Waals surface area contributed by atoms with E-state index in [1.807, 2.05) is 0 Å². The predicted molar refractivity (Wildman–Crippen MR) is 340 cm³/mol. The number of amides is 6. The number of halogens is 2. The molecule has 2 bridgehead atoms. The summed E-state index contributed by atoms with van der Waals surface area (Å²) in [5, 5.41) is 61.1. The molecule has 3 aromatic rings. The molecule has 1 heterocycles. The number of carboxylic acid groups (broad SMARTS) is 1. The van der Waals surface area contributed by atoms with Gasteiger partial charge in [0.15, 0.2) is 29.1 Å². The summed E-state index contributed by atoms with van der Waals surface area (Å²) in [6.45, 7) is 12.3. The number of aliphatic hydroxyl groups excluding tert-OH is 2. The second-order valence-electron chi connectivity index (χ2n) is 26.8. The van der Waals surface area contributed by atoms with Gasteiger partial charge in [0.1, 0.15) is 48.1 Å². The maximum absolute atomic E-state index is 15.4. The normalized spacial score (nSPS) is 25.6. The number of aliphatic carboxylic acids is 1. The quantitative estimate of drug-likeness (QED) is 0.0164. The number of benzene rings is 3. The number of carbonyl (C=O) groups excluding carboxylic acids is 10. The van der Waals surface area contributed by atoms with E-state index in [0.29, 0.717) is 5.56 Å². The maximum atomic E-state index is 15.4. The zero-order chi connectivity index (χ0) is 71.7. The molecule has 3 fully saturated rings. The smallest absolute Gasteiger partial charge is 0.338 e. The van der Waals surface area contributed by atoms with Crippen LogP contribution in [0.1, 0.15) is 141 Å². The van der Waals surface area contributed by atoms with Gasteiger partial charge in [-0.1, -0.05) is 89.2 Å². The van der Waals surface area contributed by atoms with Crippen molar-refractivity contribution in [1.29, 1.82) is 0 Å². The van der Waals surface area contributed by atoms with Gasteiger partial charge in [-0.3, -0.25) is 38.4 Å². The molecular formula is C69H86F2N6O20. The summed E-state index contributed by atoms with van der Waals surface area (Å²) in [7, 11) is 0. The number of Topliss-reactive ketones (excluding diaryl/α,β-unsaturated/α-hetero) is 1. The van der Waals surface area contributed by atoms with Gasteiger partial charge in [0.05, 0.1) is 42.3 Å². The molecule has 3 aromatic carbocycles. The predicted octanol–water partition coefficient (Wildman–Crippen LogP) is 3.41. The number of unbranched alkanes of at least 4 members (excludes halogenated alkanes) is 1. The number of rotatable bonds is 28. The molecule has 1 saturated heterocycles. The number of aliphatic hydroxyl groups is 3. The second kappa shape index (κ2) is 31.1. The Hall–Kier alpha value is -8.83. The Morgan fingerprint density at radius 1 is 0.825 bits per heavy atom. The van der Waals surface area contributed by atoms with Gasteiger partial charge in [-0.25, -0.2) is 23.2 Å². The topological polar surface area (TPSA) is 401 Å². The van der Waals surface area contributed by atoms with E-state index in [2.05, 4.69) is 26.6 Å². The molecule has 7 rings (SSSR count). The zero-order valence-corrected chi connectivity index (χ0v) is 55.4. The summed E-state index contributed by atoms with van der Waals surface area (Å²) in [4.78, 5) is 148. The van der Waals surface area contributed by atoms with E-state index >= 15 is 9.59 Å². The van der Waals surface area contributed by atoms with Gasteiger partial charge in [0.25, 0.3) is 0 Å². The van der Waals surface area contributed by atoms with E-state index in [-0.39, 0.29) is 67.5 Å². The molecule has 97 heavy (non-hydrogen) atoms. The largest absolute Gasteiger partial charge is 0.480 e. The molecule has 14 atom stereocenters. The number of ketones is 1. The van der Waals surface area contributed by atoms with Crippen LogP contribution in [-0.2, 0) is 71.6 Å². The number of hydrogen-bond acceptors (Lipinski definition) is 19. The molecule has 0 unspecified atom stereocenters. The second-order valence-corrected chi connectivity index (χ2v) is 26.8. The molecular weight excluding hydrogens is 1270 g/mol. The van der Waals surface area contributed by atoms with Crippen LogP contribution in [0.5, 0.6) is 0 Å². The third-order valence-electron chi connectivity index (χ3n) is 18.8. The van der Waals surface area contributed by atoms with Crippen molar-refractivity contribution in [2.24, 2.45) is 27.9 Å². The molecule has 0 radical (unpaired) electrons. The lowest BCUT2D eigenvalue weighted by atomic mass is 9.44. The molecule has 3 aliphatic carbocycles. The van der Waals surface area contributed by atoms with E-state index in [0.717, 1.165) is 25.1 Å². The highest BCUT2D eigenvalue weighted by Gasteiger charge is 2.78. The highest BCUT2D eigenvalue weighted by atomic mass is 19.2. The van der Waals surface area contributed by atoms with Gasteiger partial charge < -0.3 is 76.4 Å². The first-order valence-electron chi connectivity index (χ1n) is 31.9. The van der Waals surface area contributed by atoms with Gasteiger partial charge in [0.2, 0.25) is 35.4 Å². The molecule has 6 amide bonds. The van der Waals surface area contributed by atoms with Gasteiger partial charge in [-0.15, -0.1) is 0 Å². The van der Waals surface area contributed by atoms with Gasteiger partial charge in [0, 0.05) is 56.1 Å². The Bertz CT molecular complexity index is 3550. The average molecular weight is 1360 g/mol. The average Bonchev–Trinajstić information content (AvgIpc) is 0.671. The van der Waals surface area contributed by atoms with Crippen LogP contribution in [0.4, 0.5) is 8.78 Å². The monoisotopic (exact) mass is 1360 g/mol. The summed E-state index contributed by atoms with van der Waals surface area (Å²) in [5.41, 5.74) is -3.24. The number of primary amides is 1. The van der Waals surface area contributed by atoms with Crippen molar-refractivity contribution in [3.05, 3.63) is 124 Å². The SMILES string of the molecule is CC(=O)O[C@@]12CO[C@@H]1C[C@H](O)[C@@]1(C)C(=O)[C@H](O)C3=C(C)[C@@H](OC(=O)[C@H](OCCC(=O)NCCCC[C@H](NC(=O)CC[C@@H](NC(=O)[C@H](C)NC(=O)/C=C/c4ccc(F)c(F)c4)C(N)=O)C(=O)O)[C@@H](NC(=O)C(C)(C)C)c4ccccc4)C[C@@](O)([C@@H](OC(=O)c4ccccc4)[C@H]21)C3(C)C. The summed E-state index contributed by atoms with van der Waals surface area (Å²) < 4.78 is 57.9. The number of esters is 3. The number of ether oxygens (including phenoxy) is 5. The molecule has 26 nitrogen and oxygen atoms in total. The Balaban J connectivity index is 1.04. The first-order valence-corrected chi connectivity index (χ1v) is 31.9. The Labute approximate surface area is 559 Å². The maximum Gasteiger partial charge on any atom is 0.338 e. The van der Waals surface area contributed by atoms with E-state index < -0.39 is 197 Å². The van der Waals surface area contributed by atoms with Crippen LogP contribution >= 0.6 is 0 Å². The fourth-order valence-electron chi connectivity index (χ4n) is 13.2. The fourth-order valence-corrected chi connectivity index (χ4v) is 13.2. The molecule has 0 aromatic heterocycles. The van der Waals surface area contributed by atoms with Crippen molar-refractivity contribution >= 4 is 71.2 Å². The number of nitrogens with two attached hydrogens (primary N) is 1. The third-order valence-corrected chi connectivity index (χ3v) is 18.8. The lowest BCUT2D eigenvalue weighted by Crippen LogP contribution is -2.81. The third kappa shape index (κ3) is 16.9. The number of carbonyl (C=O) groups is 11. The highest BCUT2D eigenvalue weighted by Crippen LogP contribution is 2.64. The van der Waals surface area contributed by atoms with Crippen LogP contribution in [0.2, 0.25) is 0 Å². The lowest BCUT2D eigenvalue weighted by Gasteiger charge is -2.67. The van der Waals surface area contributed by atoms with Crippen molar-refractivity contribution in [3.8, 4) is 0 Å². The minimum absolute atomic E-state index is 0.00178. The molecule has 28 heteroatoms. The van der Waals surface area contributed by atoms with E-state index in [1.165, 1.54) is 58.9 Å². The fraction of sp³-hybridized carbons (Fsp3) is 0.522. The molecule has 0 spiro atoms. The van der Waals surface area contributed by atoms with Crippen LogP contribution in [-0.4, -0.2) is 171 Å². The van der Waals surface area contributed by atoms with Gasteiger partial charge in [-0.05, 0) is 99.1 Å². The van der Waals surface area contributed by atoms with Crippen LogP contribution in [0.3, 0.4) is 0 Å². The molecule has 2 saturated carbocycles. The van der Waals surface area contributed by atoms with Gasteiger partial charge in [-0.2, -0.15) is 0 Å². The summed E-state index contributed by atoms with van der Waals surface area (Å²) in [6.07, 6.45) is -9.77. The van der Waals surface area contributed by atoms with Crippen molar-refractivity contribution in [2.75, 3.05) is 19.8 Å². The van der Waals surface area contributed by atoms with E-state index in [1.54, 1.807) is 69.3 Å². The van der Waals surface area contributed by atoms with Crippen LogP contribution < -0.4 is 32.3 Å². The standard InChI is InChI=1S/C69H86F2N6O20/c1-36-46(34-69(92)58(96-62(89)41-20-14-11-15-21-41)56-67(9,57(84)54(83)52(36)66(69,7)8)47(79)33-48-68(56,35-94-48)97-38(3)78)95-63(90)55(53(40-18-12-10-13-19-40)77-64(91)65(4,5)6)93-31-29-49(80)73-30-17-16-22-45(61(87)88)75-51(82)28-26-44(59(72)85)76-60(86)37(2)74-50(81)27-24-39-23-25-42(70)43(71)32-39/h10-15,18-21,23-25,27,32,37,44-48,53-56,58,79,83,92H,16-17,22,26,28-31,33-35H2,1-9H3,(H2,72,85)(H,73,80)(H,74,81)(H,75,82)(H,76,86)(H,77,91)(H,87,88)/b27-24+/t37-,44+,45-,46-,47-,48+,53-,54+,55+,56-,58-,67+,68-,69+/m0/s1. The molecule has 11 N–H and O–H groups in total. The lowest BCUT2D eigenvalue weighted by molar-refractivity contribution is -0.346. The first-order chi connectivity index (χ1) is 45.5. The Morgan fingerprint density at radius 2 is 1.48 bits per heavy atom. The number of carboxylic acids is 1. The summed E-state index contributed by atoms with van der Waals surface area (Å²) in [6, 6.07) is 13.4. The number of nitrogens with one attached hydrogen (secondary N) is 5. The first kappa shape index (κ1) is 75.5. The van der Waals surface area contributed by atoms with Gasteiger partial charge >= 0.3 is 23.9 Å². The van der Waals surface area contributed by atoms with E-state index in [4.69, 9.17) is 29.4 Å². The van der Waals surface area contributed by atoms with Crippen LogP contribution in [0.15, 0.2) is 96.1 Å². The van der Waals surface area contributed by atoms with Crippen molar-refractivity contribution in [1.82, 2.24) is 26.6 Å². The Morgan fingerprint density at radius 3 is 2.08 bits per heavy atom. The number of hydrogen-bond donors (Lipinski definition) is 10. The van der Waals surface area contributed by atoms with Crippen molar-refractivity contribution in [2.45, 2.75) is 186 Å². The molecule has 4 aliphatic rings. The van der Waals surface area contributed by atoms with Crippen LogP contribution in [0, 0.1) is 33.8 Å². The van der Waals surface area contributed by atoms with Crippen LogP contribution in [0.25, 0.3) is 6.08 Å². The summed E-state index contributed by atoms with van der Waals surface area (Å²) >= 11 is 0. The molecule has 526 valence electrons. The number of fused-ring (bicyclic) bond motifs is 5. The zero-order valence-electron chi connectivity index (χ0n) is 55.4. The summed E-state index contributed by atoms with van der Waals surface area (Å²) in [5.74, 6) is -13.8. The minimum Gasteiger partial charge on any atom is -0.480 e. The minimum atomic E-state index is -2.48. The Kier molecular flexibility index (Phi) is 24.3. The highest BCUT2D eigenvalue weighted by molar-refractivity contribution is 5.97. The molecule has 1 aliphatic heterocycles. The van der Waals surface area contributed by atoms with Crippen molar-refractivity contribution < 1.29 is 106 Å². The van der Waals surface area contributed by atoms with Crippen molar-refractivity contribution in [3.63, 3.8) is 0 Å².